The predicted molar refractivity (Wildman–Crippen MR) is 83.7 cm³/mol. The first-order valence-corrected chi connectivity index (χ1v) is 8.41. The lowest BCUT2D eigenvalue weighted by Crippen LogP contribution is -2.33. The Labute approximate surface area is 127 Å². The van der Waals surface area contributed by atoms with Gasteiger partial charge in [0.05, 0.1) is 0 Å². The summed E-state index contributed by atoms with van der Waals surface area (Å²) in [5, 5.41) is 3.34. The van der Waals surface area contributed by atoms with Crippen LogP contribution in [0.25, 0.3) is 0 Å². The number of hydrogen-bond acceptors (Lipinski definition) is 3. The molecule has 1 saturated heterocycles. The van der Waals surface area contributed by atoms with Crippen LogP contribution in [0, 0.1) is 5.92 Å². The van der Waals surface area contributed by atoms with Crippen molar-refractivity contribution in [3.8, 4) is 0 Å². The third-order valence-corrected chi connectivity index (χ3v) is 6.22. The summed E-state index contributed by atoms with van der Waals surface area (Å²) in [4.78, 5) is 3.88. The number of hydrogen-bond donors (Lipinski definition) is 1. The molecule has 2 atom stereocenters. The maximum atomic E-state index is 6.20. The Hall–Kier alpha value is 0.390. The monoisotopic (exact) mass is 350 g/mol. The number of nitrogens with zero attached hydrogens (tertiary/aromatic N) is 1. The Morgan fingerprint density at radius 3 is 2.94 bits per heavy atom. The second kappa shape index (κ2) is 6.71. The molecule has 1 fully saturated rings. The summed E-state index contributed by atoms with van der Waals surface area (Å²) >= 11 is 11.4. The van der Waals surface area contributed by atoms with E-state index in [1.165, 1.54) is 30.7 Å². The molecule has 18 heavy (non-hydrogen) atoms. The Kier molecular flexibility index (Phi) is 5.51. The number of nitrogens with one attached hydrogen (secondary N) is 1. The number of rotatable bonds is 3. The Bertz CT molecular complexity index is 377. The van der Waals surface area contributed by atoms with Gasteiger partial charge in [-0.25, -0.2) is 0 Å². The van der Waals surface area contributed by atoms with E-state index < -0.39 is 0 Å². The van der Waals surface area contributed by atoms with Gasteiger partial charge in [0.1, 0.15) is 4.34 Å². The number of thiophene rings is 1. The van der Waals surface area contributed by atoms with Crippen molar-refractivity contribution in [2.24, 2.45) is 5.92 Å². The summed E-state index contributed by atoms with van der Waals surface area (Å²) in [6.07, 6.45) is 3.92. The van der Waals surface area contributed by atoms with Crippen LogP contribution in [0.5, 0.6) is 0 Å². The number of halogens is 2. The molecule has 1 aliphatic heterocycles. The first-order chi connectivity index (χ1) is 8.63. The molecule has 2 heterocycles. The van der Waals surface area contributed by atoms with Crippen molar-refractivity contribution in [1.82, 2.24) is 10.2 Å². The van der Waals surface area contributed by atoms with Crippen molar-refractivity contribution in [3.63, 3.8) is 0 Å². The van der Waals surface area contributed by atoms with E-state index in [0.29, 0.717) is 12.0 Å². The highest BCUT2D eigenvalue weighted by Gasteiger charge is 2.30. The molecule has 0 saturated carbocycles. The van der Waals surface area contributed by atoms with Gasteiger partial charge >= 0.3 is 0 Å². The van der Waals surface area contributed by atoms with E-state index in [4.69, 9.17) is 11.6 Å². The third kappa shape index (κ3) is 3.28. The first kappa shape index (κ1) is 14.8. The largest absolute Gasteiger partial charge is 0.319 e. The molecule has 2 unspecified atom stereocenters. The molecule has 0 amide bonds. The minimum absolute atomic E-state index is 0.494. The fraction of sp³-hybridized carbons (Fsp3) is 0.692. The van der Waals surface area contributed by atoms with Gasteiger partial charge in [-0.2, -0.15) is 0 Å². The molecule has 0 aromatic carbocycles. The summed E-state index contributed by atoms with van der Waals surface area (Å²) in [6, 6.07) is 2.69. The highest BCUT2D eigenvalue weighted by atomic mass is 79.9. The smallest absolute Gasteiger partial charge is 0.107 e. The lowest BCUT2D eigenvalue weighted by Gasteiger charge is -2.31. The second-order valence-corrected chi connectivity index (χ2v) is 7.55. The van der Waals surface area contributed by atoms with Crippen molar-refractivity contribution >= 4 is 38.9 Å². The van der Waals surface area contributed by atoms with Crippen molar-refractivity contribution in [1.29, 1.82) is 0 Å². The van der Waals surface area contributed by atoms with E-state index in [1.54, 1.807) is 11.3 Å². The topological polar surface area (TPSA) is 15.3 Å². The van der Waals surface area contributed by atoms with Crippen LogP contribution in [0.15, 0.2) is 10.5 Å². The maximum Gasteiger partial charge on any atom is 0.107 e. The zero-order valence-corrected chi connectivity index (χ0v) is 14.0. The van der Waals surface area contributed by atoms with E-state index in [9.17, 15) is 0 Å². The average molecular weight is 352 g/mol. The van der Waals surface area contributed by atoms with Gasteiger partial charge in [-0.3, -0.25) is 4.90 Å². The van der Waals surface area contributed by atoms with Crippen molar-refractivity contribution < 1.29 is 0 Å². The highest BCUT2D eigenvalue weighted by molar-refractivity contribution is 9.10. The first-order valence-electron chi connectivity index (χ1n) is 6.43. The highest BCUT2D eigenvalue weighted by Crippen LogP contribution is 2.41. The molecule has 1 aromatic heterocycles. The molecule has 1 aliphatic rings. The third-order valence-electron chi connectivity index (χ3n) is 3.68. The zero-order valence-electron chi connectivity index (χ0n) is 10.9. The second-order valence-electron chi connectivity index (χ2n) is 5.01. The molecule has 1 N–H and O–H groups in total. The molecule has 0 bridgehead atoms. The summed E-state index contributed by atoms with van der Waals surface area (Å²) in [6.45, 7) is 2.25. The van der Waals surface area contributed by atoms with Gasteiger partial charge in [0.25, 0.3) is 0 Å². The molecule has 0 spiro atoms. The van der Waals surface area contributed by atoms with E-state index in [2.05, 4.69) is 39.3 Å². The fourth-order valence-corrected chi connectivity index (χ4v) is 4.86. The van der Waals surface area contributed by atoms with Gasteiger partial charge in [-0.1, -0.05) is 18.0 Å². The Morgan fingerprint density at radius 2 is 2.33 bits per heavy atom. The lowest BCUT2D eigenvalue weighted by molar-refractivity contribution is 0.194. The summed E-state index contributed by atoms with van der Waals surface area (Å²) in [5.41, 5.74) is 0. The van der Waals surface area contributed by atoms with Crippen LogP contribution in [-0.2, 0) is 0 Å². The summed E-state index contributed by atoms with van der Waals surface area (Å²) in [5.74, 6) is 0.670. The quantitative estimate of drug-likeness (QED) is 0.880. The van der Waals surface area contributed by atoms with E-state index >= 15 is 0 Å². The zero-order chi connectivity index (χ0) is 13.1. The van der Waals surface area contributed by atoms with Crippen LogP contribution >= 0.6 is 38.9 Å². The summed E-state index contributed by atoms with van der Waals surface area (Å²) < 4.78 is 1.90. The van der Waals surface area contributed by atoms with E-state index in [-0.39, 0.29) is 0 Å². The average Bonchev–Trinajstić information content (AvgIpc) is 2.55. The predicted octanol–water partition coefficient (Wildman–Crippen LogP) is 4.16. The Balaban J connectivity index is 2.27. The van der Waals surface area contributed by atoms with Gasteiger partial charge in [-0.15, -0.1) is 11.3 Å². The van der Waals surface area contributed by atoms with E-state index in [0.717, 1.165) is 15.4 Å². The van der Waals surface area contributed by atoms with Gasteiger partial charge in [-0.05, 0) is 67.9 Å². The maximum absolute atomic E-state index is 6.20. The SMILES string of the molecule is CNCC1CCCCN(C)C1c1cc(Br)c(Cl)s1. The standard InChI is InChI=1S/C13H20BrClN2S/c1-16-8-9-5-3-4-6-17(2)12(9)11-7-10(14)13(15)18-11/h7,9,12,16H,3-6,8H2,1-2H3. The van der Waals surface area contributed by atoms with Crippen molar-refractivity contribution in [3.05, 3.63) is 19.8 Å². The van der Waals surface area contributed by atoms with Gasteiger partial charge in [0.2, 0.25) is 0 Å². The normalized spacial score (nSPS) is 26.2. The molecule has 1 aromatic rings. The Morgan fingerprint density at radius 1 is 1.56 bits per heavy atom. The van der Waals surface area contributed by atoms with Crippen molar-refractivity contribution in [2.75, 3.05) is 27.2 Å². The van der Waals surface area contributed by atoms with E-state index in [1.807, 2.05) is 7.05 Å². The van der Waals surface area contributed by atoms with Crippen LogP contribution < -0.4 is 5.32 Å². The van der Waals surface area contributed by atoms with Crippen molar-refractivity contribution in [2.45, 2.75) is 25.3 Å². The minimum atomic E-state index is 0.494. The van der Waals surface area contributed by atoms with Gasteiger partial charge in [0.15, 0.2) is 0 Å². The lowest BCUT2D eigenvalue weighted by atomic mass is 9.93. The van der Waals surface area contributed by atoms with Crippen LogP contribution in [0.1, 0.15) is 30.2 Å². The van der Waals surface area contributed by atoms with Crippen LogP contribution in [0.4, 0.5) is 0 Å². The molecule has 2 nitrogen and oxygen atoms in total. The van der Waals surface area contributed by atoms with Crippen LogP contribution in [0.3, 0.4) is 0 Å². The van der Waals surface area contributed by atoms with Crippen LogP contribution in [0.2, 0.25) is 4.34 Å². The minimum Gasteiger partial charge on any atom is -0.319 e. The molecular formula is C13H20BrClN2S. The molecular weight excluding hydrogens is 332 g/mol. The number of likely N-dealkylation sites (tertiary alicyclic amines) is 1. The molecule has 0 radical (unpaired) electrons. The summed E-state index contributed by atoms with van der Waals surface area (Å²) in [7, 11) is 4.28. The molecule has 0 aliphatic carbocycles. The molecule has 2 rings (SSSR count). The fourth-order valence-electron chi connectivity index (χ4n) is 2.86. The van der Waals surface area contributed by atoms with Gasteiger partial charge < -0.3 is 5.32 Å². The molecule has 5 heteroatoms. The van der Waals surface area contributed by atoms with Crippen LogP contribution in [-0.4, -0.2) is 32.1 Å². The molecule has 102 valence electrons. The van der Waals surface area contributed by atoms with Gasteiger partial charge in [0, 0.05) is 15.4 Å².